The topological polar surface area (TPSA) is 26.3 Å². The van der Waals surface area contributed by atoms with Gasteiger partial charge in [-0.25, -0.2) is 4.79 Å². The lowest BCUT2D eigenvalue weighted by atomic mass is 10.2. The van der Waals surface area contributed by atoms with Crippen molar-refractivity contribution < 1.29 is 9.53 Å². The van der Waals surface area contributed by atoms with E-state index in [1.165, 1.54) is 0 Å². The van der Waals surface area contributed by atoms with Crippen LogP contribution in [0.5, 0.6) is 0 Å². The molecule has 0 bridgehead atoms. The number of fused-ring (bicyclic) bond motifs is 1. The molecule has 0 N–H and O–H groups in total. The first-order chi connectivity index (χ1) is 5.77. The molecule has 0 aromatic heterocycles. The van der Waals surface area contributed by atoms with Crippen LogP contribution in [0.25, 0.3) is 0 Å². The van der Waals surface area contributed by atoms with Gasteiger partial charge in [0.25, 0.3) is 0 Å². The molecular formula is C9H8O2S. The predicted octanol–water partition coefficient (Wildman–Crippen LogP) is 2.30. The minimum Gasteiger partial charge on any atom is -0.448 e. The Morgan fingerprint density at radius 1 is 1.42 bits per heavy atom. The van der Waals surface area contributed by atoms with Gasteiger partial charge >= 0.3 is 5.97 Å². The molecule has 1 aliphatic rings. The summed E-state index contributed by atoms with van der Waals surface area (Å²) >= 11 is 1.57. The van der Waals surface area contributed by atoms with E-state index in [9.17, 15) is 4.79 Å². The fraction of sp³-hybridized carbons (Fsp3) is 0.222. The predicted molar refractivity (Wildman–Crippen MR) is 47.2 cm³/mol. The van der Waals surface area contributed by atoms with Crippen LogP contribution in [0.4, 0.5) is 0 Å². The lowest BCUT2D eigenvalue weighted by Crippen LogP contribution is -2.17. The number of benzene rings is 1. The van der Waals surface area contributed by atoms with Gasteiger partial charge in [-0.2, -0.15) is 0 Å². The van der Waals surface area contributed by atoms with Crippen LogP contribution in [0.2, 0.25) is 0 Å². The van der Waals surface area contributed by atoms with E-state index in [0.29, 0.717) is 5.56 Å². The first-order valence-electron chi connectivity index (χ1n) is 3.74. The minimum absolute atomic E-state index is 0.0626. The Bertz CT molecular complexity index is 322. The van der Waals surface area contributed by atoms with Gasteiger partial charge in [-0.3, -0.25) is 0 Å². The number of carbonyl (C=O) groups excluding carboxylic acids is 1. The number of esters is 1. The third-order valence-corrected chi connectivity index (χ3v) is 2.71. The zero-order chi connectivity index (χ0) is 8.55. The van der Waals surface area contributed by atoms with E-state index in [2.05, 4.69) is 0 Å². The van der Waals surface area contributed by atoms with E-state index in [-0.39, 0.29) is 11.4 Å². The Morgan fingerprint density at radius 3 is 3.00 bits per heavy atom. The van der Waals surface area contributed by atoms with Crippen molar-refractivity contribution in [1.82, 2.24) is 0 Å². The van der Waals surface area contributed by atoms with Crippen molar-refractivity contribution in [3.05, 3.63) is 29.8 Å². The van der Waals surface area contributed by atoms with Gasteiger partial charge in [0.2, 0.25) is 0 Å². The third kappa shape index (κ3) is 1.20. The first kappa shape index (κ1) is 7.68. The maximum Gasteiger partial charge on any atom is 0.340 e. The van der Waals surface area contributed by atoms with Crippen LogP contribution in [0.15, 0.2) is 29.2 Å². The average molecular weight is 180 g/mol. The molecule has 2 rings (SSSR count). The lowest BCUT2D eigenvalue weighted by Gasteiger charge is -2.20. The molecular weight excluding hydrogens is 172 g/mol. The minimum atomic E-state index is -0.211. The number of rotatable bonds is 0. The van der Waals surface area contributed by atoms with Crippen molar-refractivity contribution in [3.8, 4) is 0 Å². The van der Waals surface area contributed by atoms with Crippen molar-refractivity contribution in [2.45, 2.75) is 17.3 Å². The van der Waals surface area contributed by atoms with Crippen LogP contribution < -0.4 is 0 Å². The molecule has 1 aliphatic heterocycles. The fourth-order valence-electron chi connectivity index (χ4n) is 1.16. The summed E-state index contributed by atoms with van der Waals surface area (Å²) in [4.78, 5) is 12.3. The molecule has 0 aliphatic carbocycles. The molecule has 1 aromatic carbocycles. The first-order valence-corrected chi connectivity index (χ1v) is 4.62. The molecule has 1 atom stereocenters. The Morgan fingerprint density at radius 2 is 2.17 bits per heavy atom. The van der Waals surface area contributed by atoms with Crippen LogP contribution in [0.1, 0.15) is 17.3 Å². The summed E-state index contributed by atoms with van der Waals surface area (Å²) in [5, 5.41) is 0. The van der Waals surface area contributed by atoms with Crippen LogP contribution >= 0.6 is 11.8 Å². The van der Waals surface area contributed by atoms with E-state index in [0.717, 1.165) is 4.90 Å². The highest BCUT2D eigenvalue weighted by Gasteiger charge is 2.22. The highest BCUT2D eigenvalue weighted by molar-refractivity contribution is 8.00. The number of hydrogen-bond donors (Lipinski definition) is 0. The summed E-state index contributed by atoms with van der Waals surface area (Å²) < 4.78 is 5.04. The van der Waals surface area contributed by atoms with Crippen LogP contribution in [0, 0.1) is 0 Å². The number of hydrogen-bond acceptors (Lipinski definition) is 3. The molecule has 12 heavy (non-hydrogen) atoms. The smallest absolute Gasteiger partial charge is 0.340 e. The summed E-state index contributed by atoms with van der Waals surface area (Å²) in [6.07, 6.45) is 0. The number of cyclic esters (lactones) is 1. The summed E-state index contributed by atoms with van der Waals surface area (Å²) in [6, 6.07) is 7.50. The van der Waals surface area contributed by atoms with Gasteiger partial charge in [-0.05, 0) is 19.1 Å². The van der Waals surface area contributed by atoms with Gasteiger partial charge in [0.1, 0.15) is 5.44 Å². The van der Waals surface area contributed by atoms with Crippen LogP contribution in [-0.2, 0) is 4.74 Å². The maximum absolute atomic E-state index is 11.3. The zero-order valence-electron chi connectivity index (χ0n) is 6.61. The molecule has 0 saturated heterocycles. The molecule has 1 heterocycles. The van der Waals surface area contributed by atoms with Crippen LogP contribution in [-0.4, -0.2) is 11.4 Å². The summed E-state index contributed by atoms with van der Waals surface area (Å²) in [5.41, 5.74) is 0.619. The zero-order valence-corrected chi connectivity index (χ0v) is 7.43. The van der Waals surface area contributed by atoms with E-state index >= 15 is 0 Å². The van der Waals surface area contributed by atoms with Crippen molar-refractivity contribution >= 4 is 17.7 Å². The standard InChI is InChI=1S/C9H8O2S/c1-6-11-9(10)7-4-2-3-5-8(7)12-6/h2-6H,1H3/t6-/m0/s1. The lowest BCUT2D eigenvalue weighted by molar-refractivity contribution is 0.0465. The average Bonchev–Trinajstić information content (AvgIpc) is 2.04. The summed E-state index contributed by atoms with van der Waals surface area (Å²) in [5.74, 6) is -0.211. The van der Waals surface area contributed by atoms with Crippen molar-refractivity contribution in [2.75, 3.05) is 0 Å². The quantitative estimate of drug-likeness (QED) is 0.573. The highest BCUT2D eigenvalue weighted by Crippen LogP contribution is 2.32. The van der Waals surface area contributed by atoms with Gasteiger partial charge in [0.15, 0.2) is 0 Å². The van der Waals surface area contributed by atoms with Gasteiger partial charge in [-0.15, -0.1) is 0 Å². The Balaban J connectivity index is 2.47. The molecule has 2 nitrogen and oxygen atoms in total. The molecule has 0 spiro atoms. The van der Waals surface area contributed by atoms with Crippen molar-refractivity contribution in [2.24, 2.45) is 0 Å². The SMILES string of the molecule is C[C@H]1OC(=O)c2ccccc2S1. The van der Waals surface area contributed by atoms with E-state index < -0.39 is 0 Å². The summed E-state index contributed by atoms with van der Waals surface area (Å²) in [6.45, 7) is 1.87. The molecule has 0 fully saturated rings. The summed E-state index contributed by atoms with van der Waals surface area (Å²) in [7, 11) is 0. The number of ether oxygens (including phenoxy) is 1. The molecule has 0 saturated carbocycles. The molecule has 3 heteroatoms. The van der Waals surface area contributed by atoms with E-state index in [1.807, 2.05) is 25.1 Å². The Kier molecular flexibility index (Phi) is 1.81. The normalized spacial score (nSPS) is 21.4. The largest absolute Gasteiger partial charge is 0.448 e. The second-order valence-corrected chi connectivity index (χ2v) is 3.93. The highest BCUT2D eigenvalue weighted by atomic mass is 32.2. The molecule has 0 unspecified atom stereocenters. The second-order valence-electron chi connectivity index (χ2n) is 2.59. The second kappa shape index (κ2) is 2.83. The van der Waals surface area contributed by atoms with Gasteiger partial charge in [0.05, 0.1) is 5.56 Å². The van der Waals surface area contributed by atoms with E-state index in [4.69, 9.17) is 4.74 Å². The molecule has 1 aromatic rings. The van der Waals surface area contributed by atoms with Crippen LogP contribution in [0.3, 0.4) is 0 Å². The molecule has 0 radical (unpaired) electrons. The molecule has 62 valence electrons. The van der Waals surface area contributed by atoms with Crippen molar-refractivity contribution in [1.29, 1.82) is 0 Å². The fourth-order valence-corrected chi connectivity index (χ4v) is 2.08. The number of thioether (sulfide) groups is 1. The van der Waals surface area contributed by atoms with E-state index in [1.54, 1.807) is 17.8 Å². The van der Waals surface area contributed by atoms with Gasteiger partial charge in [-0.1, -0.05) is 23.9 Å². The van der Waals surface area contributed by atoms with Gasteiger partial charge in [0, 0.05) is 4.90 Å². The number of carbonyl (C=O) groups is 1. The maximum atomic E-state index is 11.3. The third-order valence-electron chi connectivity index (χ3n) is 1.67. The van der Waals surface area contributed by atoms with Crippen molar-refractivity contribution in [3.63, 3.8) is 0 Å². The molecule has 0 amide bonds. The Hall–Kier alpha value is -0.960. The monoisotopic (exact) mass is 180 g/mol. The van der Waals surface area contributed by atoms with Gasteiger partial charge < -0.3 is 4.74 Å². The Labute approximate surface area is 74.9 Å².